The molecule has 0 bridgehead atoms. The second-order valence-electron chi connectivity index (χ2n) is 3.33. The van der Waals surface area contributed by atoms with Crippen LogP contribution >= 0.6 is 19.4 Å². The zero-order chi connectivity index (χ0) is 12.8. The largest absolute Gasteiger partial charge is 0.478 e. The molecule has 1 unspecified atom stereocenters. The second-order valence-corrected chi connectivity index (χ2v) is 5.28. The normalized spacial score (nSPS) is 11.3. The van der Waals surface area contributed by atoms with E-state index in [0.29, 0.717) is 17.2 Å². The minimum atomic E-state index is -1.64. The van der Waals surface area contributed by atoms with Crippen LogP contribution in [0.4, 0.5) is 0 Å². The molecule has 0 aliphatic rings. The molecule has 92 valence electrons. The first-order chi connectivity index (χ1) is 8.06. The maximum absolute atomic E-state index is 11.7. The summed E-state index contributed by atoms with van der Waals surface area (Å²) in [6.45, 7) is 2.29. The molecule has 1 atom stereocenters. The molecule has 0 spiro atoms. The second kappa shape index (κ2) is 6.70. The van der Waals surface area contributed by atoms with Crippen molar-refractivity contribution in [1.82, 2.24) is 0 Å². The number of carboxylic acid groups (broad SMARTS) is 1. The summed E-state index contributed by atoms with van der Waals surface area (Å²) >= 11 is 5.92. The Balaban J connectivity index is 2.89. The van der Waals surface area contributed by atoms with Gasteiger partial charge in [0.05, 0.1) is 5.56 Å². The quantitative estimate of drug-likeness (QED) is 0.809. The highest BCUT2D eigenvalue weighted by molar-refractivity contribution is 7.43. The van der Waals surface area contributed by atoms with Crippen LogP contribution < -0.4 is 0 Å². The highest BCUT2D eigenvalue weighted by Crippen LogP contribution is 2.32. The number of rotatable bonds is 6. The first-order valence-electron chi connectivity index (χ1n) is 5.06. The van der Waals surface area contributed by atoms with E-state index in [1.807, 2.05) is 0 Å². The van der Waals surface area contributed by atoms with Crippen molar-refractivity contribution >= 4 is 25.4 Å². The summed E-state index contributed by atoms with van der Waals surface area (Å²) in [5.74, 6) is -1.07. The van der Waals surface area contributed by atoms with Gasteiger partial charge in [-0.05, 0) is 19.1 Å². The van der Waals surface area contributed by atoms with E-state index in [0.717, 1.165) is 0 Å². The van der Waals surface area contributed by atoms with Crippen LogP contribution in [0.1, 0.15) is 22.8 Å². The van der Waals surface area contributed by atoms with Gasteiger partial charge in [-0.1, -0.05) is 22.2 Å². The summed E-state index contributed by atoms with van der Waals surface area (Å²) in [6.07, 6.45) is 0.243. The number of aromatic carboxylic acids is 1. The van der Waals surface area contributed by atoms with Crippen molar-refractivity contribution in [3.8, 4) is 0 Å². The van der Waals surface area contributed by atoms with E-state index in [1.54, 1.807) is 19.1 Å². The zero-order valence-electron chi connectivity index (χ0n) is 9.35. The maximum Gasteiger partial charge on any atom is 0.371 e. The van der Waals surface area contributed by atoms with Crippen molar-refractivity contribution in [2.45, 2.75) is 13.1 Å². The van der Waals surface area contributed by atoms with Gasteiger partial charge in [-0.3, -0.25) is 0 Å². The van der Waals surface area contributed by atoms with Crippen molar-refractivity contribution in [2.75, 3.05) is 13.0 Å². The Morgan fingerprint density at radius 1 is 1.53 bits per heavy atom. The first-order valence-corrected chi connectivity index (χ1v) is 7.07. The van der Waals surface area contributed by atoms with Gasteiger partial charge in [-0.25, -0.2) is 4.79 Å². The van der Waals surface area contributed by atoms with Gasteiger partial charge in [0.1, 0.15) is 0 Å². The Labute approximate surface area is 105 Å². The van der Waals surface area contributed by atoms with Crippen LogP contribution in [0.15, 0.2) is 18.2 Å². The Hall–Kier alpha value is -0.960. The third kappa shape index (κ3) is 4.08. The van der Waals surface area contributed by atoms with Crippen LogP contribution in [0.5, 0.6) is 0 Å². The predicted octanol–water partition coefficient (Wildman–Crippen LogP) is 3.36. The SMILES string of the molecule is CCOC[P+](=O)Cc1c(Cl)cccc1C(=O)O. The third-order valence-electron chi connectivity index (χ3n) is 2.12. The number of carboxylic acids is 1. The van der Waals surface area contributed by atoms with Crippen LogP contribution in [0, 0.1) is 0 Å². The standard InChI is InChI=1S/C11H12ClO4P/c1-2-16-7-17(15)6-9-8(11(13)14)4-3-5-10(9)12/h3-5H,2,6-7H2,1H3/p+1. The van der Waals surface area contributed by atoms with Crippen LogP contribution in [-0.4, -0.2) is 24.0 Å². The molecular formula is C11H13ClO4P+. The fourth-order valence-corrected chi connectivity index (χ4v) is 2.84. The van der Waals surface area contributed by atoms with E-state index in [1.165, 1.54) is 6.07 Å². The average molecular weight is 276 g/mol. The van der Waals surface area contributed by atoms with Crippen LogP contribution in [0.3, 0.4) is 0 Å². The fourth-order valence-electron chi connectivity index (χ4n) is 1.33. The molecule has 17 heavy (non-hydrogen) atoms. The van der Waals surface area contributed by atoms with Crippen LogP contribution in [-0.2, 0) is 15.5 Å². The number of hydrogen-bond donors (Lipinski definition) is 1. The molecule has 0 heterocycles. The molecule has 0 radical (unpaired) electrons. The highest BCUT2D eigenvalue weighted by Gasteiger charge is 2.23. The molecule has 0 amide bonds. The molecule has 0 fully saturated rings. The van der Waals surface area contributed by atoms with E-state index in [-0.39, 0.29) is 18.1 Å². The minimum Gasteiger partial charge on any atom is -0.478 e. The Kier molecular flexibility index (Phi) is 5.56. The number of ether oxygens (including phenoxy) is 1. The Bertz CT molecular complexity index is 433. The lowest BCUT2D eigenvalue weighted by molar-refractivity contribution is 0.0696. The topological polar surface area (TPSA) is 63.6 Å². The van der Waals surface area contributed by atoms with Crippen LogP contribution in [0.25, 0.3) is 0 Å². The number of halogens is 1. The van der Waals surface area contributed by atoms with Crippen molar-refractivity contribution in [3.05, 3.63) is 34.3 Å². The summed E-state index contributed by atoms with van der Waals surface area (Å²) in [4.78, 5) is 11.0. The number of benzene rings is 1. The molecule has 0 saturated carbocycles. The molecule has 1 rings (SSSR count). The van der Waals surface area contributed by atoms with Gasteiger partial charge in [0.2, 0.25) is 6.35 Å². The van der Waals surface area contributed by atoms with Crippen molar-refractivity contribution in [2.24, 2.45) is 0 Å². The smallest absolute Gasteiger partial charge is 0.371 e. The van der Waals surface area contributed by atoms with E-state index in [4.69, 9.17) is 21.4 Å². The lowest BCUT2D eigenvalue weighted by Crippen LogP contribution is -2.02. The fraction of sp³-hybridized carbons (Fsp3) is 0.364. The van der Waals surface area contributed by atoms with Gasteiger partial charge < -0.3 is 9.84 Å². The van der Waals surface area contributed by atoms with Gasteiger partial charge in [0, 0.05) is 17.2 Å². The lowest BCUT2D eigenvalue weighted by atomic mass is 10.1. The van der Waals surface area contributed by atoms with E-state index in [9.17, 15) is 9.36 Å². The molecule has 0 aliphatic carbocycles. The Morgan fingerprint density at radius 3 is 2.82 bits per heavy atom. The molecule has 0 saturated heterocycles. The molecular weight excluding hydrogens is 263 g/mol. The lowest BCUT2D eigenvalue weighted by Gasteiger charge is -2.03. The van der Waals surface area contributed by atoms with Crippen LogP contribution in [0.2, 0.25) is 5.02 Å². The summed E-state index contributed by atoms with van der Waals surface area (Å²) < 4.78 is 16.7. The Morgan fingerprint density at radius 2 is 2.24 bits per heavy atom. The van der Waals surface area contributed by atoms with Gasteiger partial charge in [0.25, 0.3) is 0 Å². The molecule has 1 aromatic carbocycles. The number of hydrogen-bond acceptors (Lipinski definition) is 3. The van der Waals surface area contributed by atoms with E-state index >= 15 is 0 Å². The van der Waals surface area contributed by atoms with E-state index < -0.39 is 13.8 Å². The molecule has 0 aromatic heterocycles. The molecule has 4 nitrogen and oxygen atoms in total. The summed E-state index contributed by atoms with van der Waals surface area (Å²) in [6, 6.07) is 4.60. The molecule has 6 heteroatoms. The van der Waals surface area contributed by atoms with Gasteiger partial charge in [-0.2, -0.15) is 0 Å². The van der Waals surface area contributed by atoms with Crippen molar-refractivity contribution < 1.29 is 19.2 Å². The monoisotopic (exact) mass is 275 g/mol. The summed E-state index contributed by atoms with van der Waals surface area (Å²) in [7, 11) is -1.64. The highest BCUT2D eigenvalue weighted by atomic mass is 35.5. The van der Waals surface area contributed by atoms with Crippen molar-refractivity contribution in [3.63, 3.8) is 0 Å². The van der Waals surface area contributed by atoms with Crippen molar-refractivity contribution in [1.29, 1.82) is 0 Å². The maximum atomic E-state index is 11.7. The first kappa shape index (κ1) is 14.1. The van der Waals surface area contributed by atoms with Gasteiger partial charge in [0.15, 0.2) is 6.16 Å². The van der Waals surface area contributed by atoms with Gasteiger partial charge in [-0.15, -0.1) is 0 Å². The molecule has 1 aromatic rings. The number of carbonyl (C=O) groups is 1. The van der Waals surface area contributed by atoms with Gasteiger partial charge >= 0.3 is 13.8 Å². The minimum absolute atomic E-state index is 0.0948. The average Bonchev–Trinajstić information content (AvgIpc) is 2.28. The summed E-state index contributed by atoms with van der Waals surface area (Å²) in [5.41, 5.74) is 0.500. The van der Waals surface area contributed by atoms with E-state index in [2.05, 4.69) is 0 Å². The summed E-state index contributed by atoms with van der Waals surface area (Å²) in [5, 5.41) is 9.32. The third-order valence-corrected chi connectivity index (χ3v) is 3.62. The molecule has 0 aliphatic heterocycles. The molecule has 1 N–H and O–H groups in total. The zero-order valence-corrected chi connectivity index (χ0v) is 11.0. The predicted molar refractivity (Wildman–Crippen MR) is 66.2 cm³/mol.